The van der Waals surface area contributed by atoms with Crippen molar-refractivity contribution in [3.63, 3.8) is 0 Å². The van der Waals surface area contributed by atoms with Gasteiger partial charge < -0.3 is 14.5 Å². The lowest BCUT2D eigenvalue weighted by atomic mass is 10.2. The number of rotatable bonds is 4. The van der Waals surface area contributed by atoms with Crippen molar-refractivity contribution in [2.24, 2.45) is 0 Å². The number of hydrogen-bond donors (Lipinski definition) is 0. The molecule has 0 aliphatic heterocycles. The summed E-state index contributed by atoms with van der Waals surface area (Å²) in [4.78, 5) is 31.3. The highest BCUT2D eigenvalue weighted by atomic mass is 16.6. The Bertz CT molecular complexity index is 511. The van der Waals surface area contributed by atoms with Crippen molar-refractivity contribution in [3.05, 3.63) is 30.1 Å². The van der Waals surface area contributed by atoms with Crippen LogP contribution in [0.5, 0.6) is 0 Å². The van der Waals surface area contributed by atoms with E-state index in [1.54, 1.807) is 46.0 Å². The van der Waals surface area contributed by atoms with Crippen molar-refractivity contribution in [2.45, 2.75) is 39.3 Å². The molecule has 6 nitrogen and oxygen atoms in total. The Morgan fingerprint density at radius 3 is 2.41 bits per heavy atom. The smallest absolute Gasteiger partial charge is 0.410 e. The maximum absolute atomic E-state index is 12.3. The molecule has 1 atom stereocenters. The average molecular weight is 307 g/mol. The standard InChI is InChI=1S/C16H25N3O3/c1-12(13-9-7-8-10-17-13)19(6)14(20)11-18(5)15(21)22-16(2,3)4/h7-10,12H,11H2,1-6H3. The fraction of sp³-hybridized carbons (Fsp3) is 0.562. The van der Waals surface area contributed by atoms with E-state index >= 15 is 0 Å². The number of carbonyl (C=O) groups is 2. The van der Waals surface area contributed by atoms with E-state index in [0.717, 1.165) is 5.69 Å². The number of ether oxygens (including phenoxy) is 1. The molecule has 0 aliphatic rings. The topological polar surface area (TPSA) is 62.7 Å². The van der Waals surface area contributed by atoms with E-state index in [-0.39, 0.29) is 18.5 Å². The van der Waals surface area contributed by atoms with E-state index in [0.29, 0.717) is 0 Å². The molecule has 22 heavy (non-hydrogen) atoms. The monoisotopic (exact) mass is 307 g/mol. The maximum Gasteiger partial charge on any atom is 0.410 e. The summed E-state index contributed by atoms with van der Waals surface area (Å²) in [5.41, 5.74) is 0.222. The van der Waals surface area contributed by atoms with Crippen molar-refractivity contribution >= 4 is 12.0 Å². The zero-order chi connectivity index (χ0) is 16.9. The molecule has 2 amide bonds. The van der Waals surface area contributed by atoms with Gasteiger partial charge in [-0.05, 0) is 39.8 Å². The molecule has 1 unspecified atom stereocenters. The van der Waals surface area contributed by atoms with Crippen LogP contribution in [0, 0.1) is 0 Å². The molecule has 1 aromatic rings. The van der Waals surface area contributed by atoms with E-state index in [1.165, 1.54) is 4.90 Å². The predicted molar refractivity (Wildman–Crippen MR) is 84.3 cm³/mol. The molecule has 0 saturated carbocycles. The second-order valence-corrected chi connectivity index (χ2v) is 6.27. The Kier molecular flexibility index (Phi) is 5.91. The van der Waals surface area contributed by atoms with Crippen LogP contribution < -0.4 is 0 Å². The molecule has 0 N–H and O–H groups in total. The second-order valence-electron chi connectivity index (χ2n) is 6.27. The molecule has 0 aliphatic carbocycles. The van der Waals surface area contributed by atoms with Crippen LogP contribution in [0.3, 0.4) is 0 Å². The number of nitrogens with zero attached hydrogens (tertiary/aromatic N) is 3. The Morgan fingerprint density at radius 1 is 1.27 bits per heavy atom. The predicted octanol–water partition coefficient (Wildman–Crippen LogP) is 2.47. The highest BCUT2D eigenvalue weighted by molar-refractivity contribution is 5.82. The third kappa shape index (κ3) is 5.35. The van der Waals surface area contributed by atoms with Crippen molar-refractivity contribution < 1.29 is 14.3 Å². The van der Waals surface area contributed by atoms with Crippen LogP contribution in [0.2, 0.25) is 0 Å². The summed E-state index contributed by atoms with van der Waals surface area (Å²) < 4.78 is 5.23. The molecule has 0 bridgehead atoms. The van der Waals surface area contributed by atoms with Gasteiger partial charge in [0.1, 0.15) is 12.1 Å². The van der Waals surface area contributed by atoms with Gasteiger partial charge in [0.15, 0.2) is 0 Å². The summed E-state index contributed by atoms with van der Waals surface area (Å²) >= 11 is 0. The van der Waals surface area contributed by atoms with Crippen LogP contribution >= 0.6 is 0 Å². The fourth-order valence-corrected chi connectivity index (χ4v) is 1.76. The molecule has 1 rings (SSSR count). The molecular weight excluding hydrogens is 282 g/mol. The van der Waals surface area contributed by atoms with E-state index in [1.807, 2.05) is 25.1 Å². The van der Waals surface area contributed by atoms with Crippen LogP contribution in [0.4, 0.5) is 4.79 Å². The first-order chi connectivity index (χ1) is 10.1. The Labute approximate surface area is 132 Å². The molecule has 0 radical (unpaired) electrons. The minimum atomic E-state index is -0.582. The van der Waals surface area contributed by atoms with Gasteiger partial charge in [0.2, 0.25) is 5.91 Å². The quantitative estimate of drug-likeness (QED) is 0.857. The van der Waals surface area contributed by atoms with Gasteiger partial charge in [0, 0.05) is 20.3 Å². The zero-order valence-corrected chi connectivity index (χ0v) is 14.2. The van der Waals surface area contributed by atoms with Gasteiger partial charge >= 0.3 is 6.09 Å². The van der Waals surface area contributed by atoms with Crippen LogP contribution in [0.25, 0.3) is 0 Å². The number of pyridine rings is 1. The molecular formula is C16H25N3O3. The van der Waals surface area contributed by atoms with Gasteiger partial charge in [0.25, 0.3) is 0 Å². The van der Waals surface area contributed by atoms with Gasteiger partial charge in [-0.3, -0.25) is 9.78 Å². The Morgan fingerprint density at radius 2 is 1.91 bits per heavy atom. The summed E-state index contributed by atoms with van der Waals surface area (Å²) in [6.45, 7) is 7.22. The zero-order valence-electron chi connectivity index (χ0n) is 14.2. The third-order valence-electron chi connectivity index (χ3n) is 3.17. The molecule has 122 valence electrons. The number of amides is 2. The van der Waals surface area contributed by atoms with E-state index < -0.39 is 11.7 Å². The molecule has 6 heteroatoms. The highest BCUT2D eigenvalue weighted by Crippen LogP contribution is 2.16. The van der Waals surface area contributed by atoms with Crippen LogP contribution in [0.15, 0.2) is 24.4 Å². The minimum absolute atomic E-state index is 0.0391. The van der Waals surface area contributed by atoms with Crippen molar-refractivity contribution in [3.8, 4) is 0 Å². The largest absolute Gasteiger partial charge is 0.444 e. The first-order valence-corrected chi connectivity index (χ1v) is 7.22. The Balaban J connectivity index is 2.62. The average Bonchev–Trinajstić information content (AvgIpc) is 2.44. The molecule has 1 aromatic heterocycles. The summed E-state index contributed by atoms with van der Waals surface area (Å²) in [6, 6.07) is 5.41. The third-order valence-corrected chi connectivity index (χ3v) is 3.17. The number of aromatic nitrogens is 1. The molecule has 0 spiro atoms. The van der Waals surface area contributed by atoms with Gasteiger partial charge in [-0.1, -0.05) is 6.07 Å². The molecule has 1 heterocycles. The first kappa shape index (κ1) is 17.9. The highest BCUT2D eigenvalue weighted by Gasteiger charge is 2.24. The van der Waals surface area contributed by atoms with Crippen molar-refractivity contribution in [1.82, 2.24) is 14.8 Å². The summed E-state index contributed by atoms with van der Waals surface area (Å²) in [7, 11) is 3.25. The summed E-state index contributed by atoms with van der Waals surface area (Å²) in [6.07, 6.45) is 1.18. The molecule has 0 fully saturated rings. The lowest BCUT2D eigenvalue weighted by Gasteiger charge is -2.28. The van der Waals surface area contributed by atoms with E-state index in [4.69, 9.17) is 4.74 Å². The van der Waals surface area contributed by atoms with E-state index in [2.05, 4.69) is 4.98 Å². The van der Waals surface area contributed by atoms with Crippen LogP contribution in [-0.4, -0.2) is 53.0 Å². The van der Waals surface area contributed by atoms with Gasteiger partial charge in [-0.2, -0.15) is 0 Å². The minimum Gasteiger partial charge on any atom is -0.444 e. The van der Waals surface area contributed by atoms with Gasteiger partial charge in [-0.25, -0.2) is 4.79 Å². The summed E-state index contributed by atoms with van der Waals surface area (Å²) in [5.74, 6) is -0.175. The molecule has 0 aromatic carbocycles. The number of carbonyl (C=O) groups excluding carboxylic acids is 2. The lowest BCUT2D eigenvalue weighted by Crippen LogP contribution is -2.42. The molecule has 0 saturated heterocycles. The Hall–Kier alpha value is -2.11. The second kappa shape index (κ2) is 7.24. The number of likely N-dealkylation sites (N-methyl/N-ethyl adjacent to an activating group) is 2. The fourth-order valence-electron chi connectivity index (χ4n) is 1.76. The summed E-state index contributed by atoms with van der Waals surface area (Å²) in [5, 5.41) is 0. The SMILES string of the molecule is CC(c1ccccn1)N(C)C(=O)CN(C)C(=O)OC(C)(C)C. The van der Waals surface area contributed by atoms with Crippen LogP contribution in [0.1, 0.15) is 39.4 Å². The van der Waals surface area contributed by atoms with E-state index in [9.17, 15) is 9.59 Å². The van der Waals surface area contributed by atoms with Gasteiger partial charge in [-0.15, -0.1) is 0 Å². The van der Waals surface area contributed by atoms with Crippen LogP contribution in [-0.2, 0) is 9.53 Å². The number of hydrogen-bond acceptors (Lipinski definition) is 4. The van der Waals surface area contributed by atoms with Crippen molar-refractivity contribution in [1.29, 1.82) is 0 Å². The van der Waals surface area contributed by atoms with Gasteiger partial charge in [0.05, 0.1) is 11.7 Å². The lowest BCUT2D eigenvalue weighted by molar-refractivity contribution is -0.132. The maximum atomic E-state index is 12.3. The van der Waals surface area contributed by atoms with Crippen molar-refractivity contribution in [2.75, 3.05) is 20.6 Å². The first-order valence-electron chi connectivity index (χ1n) is 7.22. The normalized spacial score (nSPS) is 12.5.